The van der Waals surface area contributed by atoms with E-state index < -0.39 is 23.2 Å². The summed E-state index contributed by atoms with van der Waals surface area (Å²) in [6, 6.07) is 3.35. The number of benzene rings is 1. The van der Waals surface area contributed by atoms with Gasteiger partial charge in [-0.25, -0.2) is 18.9 Å². The largest absolute Gasteiger partial charge is 0.334 e. The number of nitrogen functional groups attached to an aromatic ring is 1. The molecule has 0 unspecified atom stereocenters. The van der Waals surface area contributed by atoms with Gasteiger partial charge in [-0.05, 0) is 37.8 Å². The lowest BCUT2D eigenvalue weighted by Gasteiger charge is -2.12. The summed E-state index contributed by atoms with van der Waals surface area (Å²) in [7, 11) is 0. The van der Waals surface area contributed by atoms with Crippen LogP contribution in [0.25, 0.3) is 0 Å². The molecule has 1 aromatic heterocycles. The average Bonchev–Trinajstić information content (AvgIpc) is 3.02. The van der Waals surface area contributed by atoms with Crippen molar-refractivity contribution < 1.29 is 13.6 Å². The zero-order valence-corrected chi connectivity index (χ0v) is 15.2. The van der Waals surface area contributed by atoms with Gasteiger partial charge in [-0.3, -0.25) is 4.79 Å². The Morgan fingerprint density at radius 3 is 2.63 bits per heavy atom. The predicted molar refractivity (Wildman–Crippen MR) is 100 cm³/mol. The molecule has 1 aliphatic carbocycles. The Hall–Kier alpha value is -2.69. The first-order chi connectivity index (χ1) is 13.0. The molecule has 0 radical (unpaired) electrons. The molecule has 0 spiro atoms. The Morgan fingerprint density at radius 2 is 1.93 bits per heavy atom. The Balaban J connectivity index is 1.55. The van der Waals surface area contributed by atoms with Crippen LogP contribution in [0.2, 0.25) is 0 Å². The van der Waals surface area contributed by atoms with Crippen molar-refractivity contribution in [1.82, 2.24) is 14.9 Å². The summed E-state index contributed by atoms with van der Waals surface area (Å²) in [5, 5.41) is 14.5. The van der Waals surface area contributed by atoms with E-state index in [0.717, 1.165) is 55.3 Å². The van der Waals surface area contributed by atoms with Crippen LogP contribution >= 0.6 is 11.8 Å². The molecule has 1 saturated carbocycles. The van der Waals surface area contributed by atoms with Crippen molar-refractivity contribution in [2.45, 2.75) is 37.3 Å². The van der Waals surface area contributed by atoms with E-state index in [0.29, 0.717) is 0 Å². The van der Waals surface area contributed by atoms with Gasteiger partial charge in [0.25, 0.3) is 5.95 Å². The number of nitrogens with two attached hydrogens (primary N) is 1. The molecule has 1 aromatic carbocycles. The summed E-state index contributed by atoms with van der Waals surface area (Å²) in [4.78, 5) is 11.9. The lowest BCUT2D eigenvalue weighted by molar-refractivity contribution is -0.113. The third-order valence-electron chi connectivity index (χ3n) is 3.97. The summed E-state index contributed by atoms with van der Waals surface area (Å²) >= 11 is 0.987. The number of halogens is 2. The number of carbonyl (C=O) groups is 1. The highest BCUT2D eigenvalue weighted by Crippen LogP contribution is 2.21. The molecular weight excluding hydrogens is 376 g/mol. The molecule has 8 nitrogen and oxygen atoms in total. The van der Waals surface area contributed by atoms with Crippen LogP contribution in [0, 0.1) is 11.6 Å². The zero-order chi connectivity index (χ0) is 19.2. The van der Waals surface area contributed by atoms with E-state index in [1.807, 2.05) is 0 Å². The van der Waals surface area contributed by atoms with Gasteiger partial charge in [-0.1, -0.05) is 24.2 Å². The Kier molecular flexibility index (Phi) is 6.22. The second kappa shape index (κ2) is 8.80. The highest BCUT2D eigenvalue weighted by atomic mass is 32.2. The smallest absolute Gasteiger partial charge is 0.264 e. The fourth-order valence-electron chi connectivity index (χ4n) is 2.58. The zero-order valence-electron chi connectivity index (χ0n) is 14.4. The molecule has 27 heavy (non-hydrogen) atoms. The third-order valence-corrected chi connectivity index (χ3v) is 4.91. The standard InChI is InChI=1S/C16H19F2N7OS/c17-11-7-4-8-12(18)14(11)20-13(26)9-27-16-24-23-15(25(16)19)22-21-10-5-2-1-3-6-10/h4,7-8H,1-3,5-6,9,19H2,(H,20,26)(H,22,23). The van der Waals surface area contributed by atoms with Crippen LogP contribution in [0.1, 0.15) is 32.1 Å². The highest BCUT2D eigenvalue weighted by molar-refractivity contribution is 7.99. The summed E-state index contributed by atoms with van der Waals surface area (Å²) in [6.45, 7) is 0. The van der Waals surface area contributed by atoms with Gasteiger partial charge in [-0.15, -0.1) is 10.2 Å². The van der Waals surface area contributed by atoms with E-state index >= 15 is 0 Å². The van der Waals surface area contributed by atoms with E-state index in [4.69, 9.17) is 5.84 Å². The fraction of sp³-hybridized carbons (Fsp3) is 0.375. The summed E-state index contributed by atoms with van der Waals surface area (Å²) in [5.74, 6) is 3.72. The molecule has 0 aliphatic heterocycles. The number of hydrogen-bond donors (Lipinski definition) is 3. The van der Waals surface area contributed by atoms with Gasteiger partial charge in [0.15, 0.2) is 0 Å². The summed E-state index contributed by atoms with van der Waals surface area (Å²) in [6.07, 6.45) is 5.34. The lowest BCUT2D eigenvalue weighted by atomic mass is 9.99. The Morgan fingerprint density at radius 1 is 1.22 bits per heavy atom. The maximum absolute atomic E-state index is 13.6. The number of para-hydroxylation sites is 1. The lowest BCUT2D eigenvalue weighted by Crippen LogP contribution is -2.18. The number of hydrogen-bond acceptors (Lipinski definition) is 7. The fourth-order valence-corrected chi connectivity index (χ4v) is 3.23. The monoisotopic (exact) mass is 395 g/mol. The molecular formula is C16H19F2N7OS. The number of anilines is 2. The van der Waals surface area contributed by atoms with Crippen molar-refractivity contribution >= 4 is 35.0 Å². The molecule has 1 heterocycles. The molecule has 1 aliphatic rings. The second-order valence-corrected chi connectivity index (χ2v) is 6.90. The molecule has 1 fully saturated rings. The second-order valence-electron chi connectivity index (χ2n) is 5.96. The van der Waals surface area contributed by atoms with Crippen LogP contribution in [0.5, 0.6) is 0 Å². The molecule has 0 bridgehead atoms. The number of aromatic nitrogens is 3. The minimum absolute atomic E-state index is 0.141. The van der Waals surface area contributed by atoms with Crippen molar-refractivity contribution in [3.05, 3.63) is 29.8 Å². The maximum Gasteiger partial charge on any atom is 0.264 e. The first kappa shape index (κ1) is 19.1. The number of thioether (sulfide) groups is 1. The molecule has 144 valence electrons. The molecule has 1 amide bonds. The van der Waals surface area contributed by atoms with E-state index in [2.05, 4.69) is 26.0 Å². The van der Waals surface area contributed by atoms with E-state index in [1.54, 1.807) is 0 Å². The molecule has 0 saturated heterocycles. The van der Waals surface area contributed by atoms with Crippen LogP contribution < -0.4 is 16.6 Å². The van der Waals surface area contributed by atoms with Gasteiger partial charge in [0.2, 0.25) is 11.1 Å². The number of hydrazone groups is 1. The third kappa shape index (κ3) is 4.94. The van der Waals surface area contributed by atoms with Gasteiger partial charge in [0.1, 0.15) is 17.3 Å². The van der Waals surface area contributed by atoms with Crippen LogP contribution in [0.15, 0.2) is 28.5 Å². The van der Waals surface area contributed by atoms with Gasteiger partial charge in [0.05, 0.1) is 5.75 Å². The average molecular weight is 395 g/mol. The number of nitrogens with one attached hydrogen (secondary N) is 2. The molecule has 4 N–H and O–H groups in total. The number of rotatable bonds is 6. The van der Waals surface area contributed by atoms with Crippen LogP contribution in [-0.4, -0.2) is 32.2 Å². The van der Waals surface area contributed by atoms with Gasteiger partial charge >= 0.3 is 0 Å². The van der Waals surface area contributed by atoms with Crippen molar-refractivity contribution in [2.75, 3.05) is 22.3 Å². The minimum atomic E-state index is -0.844. The van der Waals surface area contributed by atoms with Crippen LogP contribution in [0.3, 0.4) is 0 Å². The minimum Gasteiger partial charge on any atom is -0.334 e. The maximum atomic E-state index is 13.6. The Bertz CT molecular complexity index is 827. The van der Waals surface area contributed by atoms with Gasteiger partial charge in [0, 0.05) is 5.71 Å². The Labute approximate surface area is 158 Å². The van der Waals surface area contributed by atoms with E-state index in [1.165, 1.54) is 17.2 Å². The molecule has 3 rings (SSSR count). The first-order valence-electron chi connectivity index (χ1n) is 8.43. The summed E-state index contributed by atoms with van der Waals surface area (Å²) < 4.78 is 28.3. The van der Waals surface area contributed by atoms with Crippen LogP contribution in [0.4, 0.5) is 20.4 Å². The van der Waals surface area contributed by atoms with Gasteiger partial charge in [-0.2, -0.15) is 5.10 Å². The van der Waals surface area contributed by atoms with Crippen molar-refractivity contribution in [2.24, 2.45) is 5.10 Å². The topological polar surface area (TPSA) is 110 Å². The number of carbonyl (C=O) groups excluding carboxylic acids is 1. The van der Waals surface area contributed by atoms with E-state index in [-0.39, 0.29) is 16.9 Å². The number of nitrogens with zero attached hydrogens (tertiary/aromatic N) is 4. The SMILES string of the molecule is Nn1c(NN=C2CCCCC2)nnc1SCC(=O)Nc1c(F)cccc1F. The molecule has 11 heteroatoms. The number of amides is 1. The summed E-state index contributed by atoms with van der Waals surface area (Å²) in [5.41, 5.74) is 3.36. The van der Waals surface area contributed by atoms with Crippen molar-refractivity contribution in [3.8, 4) is 0 Å². The van der Waals surface area contributed by atoms with Gasteiger partial charge < -0.3 is 11.2 Å². The molecule has 0 atom stereocenters. The predicted octanol–water partition coefficient (Wildman–Crippen LogP) is 2.73. The van der Waals surface area contributed by atoms with Crippen LogP contribution in [-0.2, 0) is 4.79 Å². The van der Waals surface area contributed by atoms with E-state index in [9.17, 15) is 13.6 Å². The normalized spacial score (nSPS) is 14.1. The van der Waals surface area contributed by atoms with Crippen molar-refractivity contribution in [3.63, 3.8) is 0 Å². The van der Waals surface area contributed by atoms with Crippen molar-refractivity contribution in [1.29, 1.82) is 0 Å². The highest BCUT2D eigenvalue weighted by Gasteiger charge is 2.15. The quantitative estimate of drug-likeness (QED) is 0.394. The first-order valence-corrected chi connectivity index (χ1v) is 9.42. The molecule has 2 aromatic rings.